The Hall–Kier alpha value is -2.26. The van der Waals surface area contributed by atoms with Gasteiger partial charge in [-0.2, -0.15) is 0 Å². The van der Waals surface area contributed by atoms with Crippen LogP contribution < -0.4 is 0 Å². The van der Waals surface area contributed by atoms with Crippen LogP contribution in [0.25, 0.3) is 10.9 Å². The molecule has 4 rings (SSSR count). The second kappa shape index (κ2) is 6.57. The molecule has 1 unspecified atom stereocenters. The van der Waals surface area contributed by atoms with Gasteiger partial charge in [0.15, 0.2) is 0 Å². The van der Waals surface area contributed by atoms with Crippen LogP contribution in [0.2, 0.25) is 0 Å². The maximum Gasteiger partial charge on any atom is 0.116 e. The molecule has 1 N–H and O–H groups in total. The van der Waals surface area contributed by atoms with Gasteiger partial charge in [-0.1, -0.05) is 30.3 Å². The number of fused-ring (bicyclic) bond motifs is 1. The quantitative estimate of drug-likeness (QED) is 0.747. The number of benzene rings is 2. The third-order valence-electron chi connectivity index (χ3n) is 5.71. The van der Waals surface area contributed by atoms with Crippen molar-refractivity contribution in [1.29, 1.82) is 0 Å². The van der Waals surface area contributed by atoms with Gasteiger partial charge < -0.3 is 14.6 Å². The molecule has 0 bridgehead atoms. The van der Waals surface area contributed by atoms with Gasteiger partial charge in [-0.15, -0.1) is 0 Å². The van der Waals surface area contributed by atoms with Crippen LogP contribution in [0.3, 0.4) is 0 Å². The third-order valence-corrected chi connectivity index (χ3v) is 5.71. The Bertz CT molecular complexity index is 860. The van der Waals surface area contributed by atoms with Crippen molar-refractivity contribution >= 4 is 10.9 Å². The normalized spacial score (nSPS) is 17.8. The van der Waals surface area contributed by atoms with Gasteiger partial charge in [0, 0.05) is 17.1 Å². The van der Waals surface area contributed by atoms with Crippen LogP contribution in [0.4, 0.5) is 0 Å². The average molecular weight is 334 g/mol. The van der Waals surface area contributed by atoms with E-state index in [0.717, 1.165) is 13.1 Å². The molecular weight excluding hydrogens is 308 g/mol. The Labute approximate surface area is 149 Å². The predicted molar refractivity (Wildman–Crippen MR) is 103 cm³/mol. The number of hydrogen-bond donors (Lipinski definition) is 1. The number of hydrogen-bond acceptors (Lipinski definition) is 2. The smallest absolute Gasteiger partial charge is 0.116 e. The molecule has 0 radical (unpaired) electrons. The first kappa shape index (κ1) is 16.2. The van der Waals surface area contributed by atoms with Crippen molar-refractivity contribution < 1.29 is 5.11 Å². The summed E-state index contributed by atoms with van der Waals surface area (Å²) in [6.45, 7) is 4.54. The van der Waals surface area contributed by atoms with E-state index in [4.69, 9.17) is 0 Å². The molecule has 3 nitrogen and oxygen atoms in total. The Kier molecular flexibility index (Phi) is 4.26. The minimum atomic E-state index is 0.272. The number of nitrogens with zero attached hydrogens (tertiary/aromatic N) is 2. The monoisotopic (exact) mass is 334 g/mol. The summed E-state index contributed by atoms with van der Waals surface area (Å²) in [6, 6.07) is 16.7. The number of likely N-dealkylation sites (tertiary alicyclic amines) is 1. The average Bonchev–Trinajstić information content (AvgIpc) is 3.01. The number of aromatic nitrogens is 1. The highest BCUT2D eigenvalue weighted by molar-refractivity contribution is 5.86. The summed E-state index contributed by atoms with van der Waals surface area (Å²) in [5.74, 6) is 0.927. The number of phenolic OH excluding ortho intramolecular Hbond substituents is 1. The van der Waals surface area contributed by atoms with Crippen LogP contribution >= 0.6 is 0 Å². The van der Waals surface area contributed by atoms with E-state index in [2.05, 4.69) is 66.0 Å². The van der Waals surface area contributed by atoms with Gasteiger partial charge >= 0.3 is 0 Å². The first-order chi connectivity index (χ1) is 12.1. The van der Waals surface area contributed by atoms with Gasteiger partial charge in [0.1, 0.15) is 5.75 Å². The Morgan fingerprint density at radius 2 is 1.76 bits per heavy atom. The van der Waals surface area contributed by atoms with Crippen LogP contribution in [0.15, 0.2) is 54.7 Å². The number of rotatable bonds is 3. The zero-order valence-corrected chi connectivity index (χ0v) is 15.0. The fourth-order valence-corrected chi connectivity index (χ4v) is 4.13. The van der Waals surface area contributed by atoms with Gasteiger partial charge in [-0.05, 0) is 75.1 Å². The lowest BCUT2D eigenvalue weighted by Gasteiger charge is -2.28. The summed E-state index contributed by atoms with van der Waals surface area (Å²) < 4.78 is 2.37. The summed E-state index contributed by atoms with van der Waals surface area (Å²) in [5.41, 5.74) is 3.91. The molecule has 25 heavy (non-hydrogen) atoms. The van der Waals surface area contributed by atoms with E-state index in [9.17, 15) is 5.11 Å². The van der Waals surface area contributed by atoms with Crippen molar-refractivity contribution in [3.63, 3.8) is 0 Å². The highest BCUT2D eigenvalue weighted by Crippen LogP contribution is 2.37. The van der Waals surface area contributed by atoms with Crippen molar-refractivity contribution in [3.05, 3.63) is 65.9 Å². The van der Waals surface area contributed by atoms with Gasteiger partial charge in [-0.25, -0.2) is 0 Å². The molecule has 1 atom stereocenters. The van der Waals surface area contributed by atoms with E-state index in [-0.39, 0.29) is 6.04 Å². The van der Waals surface area contributed by atoms with E-state index in [1.165, 1.54) is 34.9 Å². The molecule has 0 saturated carbocycles. The van der Waals surface area contributed by atoms with Crippen molar-refractivity contribution in [3.8, 4) is 5.75 Å². The van der Waals surface area contributed by atoms with Crippen molar-refractivity contribution in [2.75, 3.05) is 20.1 Å². The summed E-state index contributed by atoms with van der Waals surface area (Å²) >= 11 is 0. The fourth-order valence-electron chi connectivity index (χ4n) is 4.13. The van der Waals surface area contributed by atoms with Crippen molar-refractivity contribution in [1.82, 2.24) is 9.47 Å². The molecule has 2 aromatic carbocycles. The lowest BCUT2D eigenvalue weighted by atomic mass is 9.89. The van der Waals surface area contributed by atoms with Crippen LogP contribution in [0, 0.1) is 0 Å². The minimum absolute atomic E-state index is 0.272. The van der Waals surface area contributed by atoms with Gasteiger partial charge in [-0.3, -0.25) is 0 Å². The Morgan fingerprint density at radius 3 is 2.48 bits per heavy atom. The molecule has 0 amide bonds. The lowest BCUT2D eigenvalue weighted by Crippen LogP contribution is -2.29. The molecule has 1 aromatic heterocycles. The molecule has 1 fully saturated rings. The van der Waals surface area contributed by atoms with Gasteiger partial charge in [0.2, 0.25) is 0 Å². The standard InChI is InChI=1S/C22H26N2O/c1-16(17-6-4-3-5-7-17)24-15-21(18-10-12-23(2)13-11-18)20-14-19(25)8-9-22(20)24/h3-9,14-16,18,25H,10-13H2,1-2H3. The fraction of sp³-hybridized carbons (Fsp3) is 0.364. The molecular formula is C22H26N2O. The summed E-state index contributed by atoms with van der Waals surface area (Å²) in [6.07, 6.45) is 4.70. The zero-order chi connectivity index (χ0) is 17.4. The largest absolute Gasteiger partial charge is 0.508 e. The highest BCUT2D eigenvalue weighted by Gasteiger charge is 2.23. The molecule has 1 aliphatic heterocycles. The molecule has 0 aliphatic carbocycles. The Balaban J connectivity index is 1.80. The second-order valence-corrected chi connectivity index (χ2v) is 7.36. The Morgan fingerprint density at radius 1 is 1.04 bits per heavy atom. The third kappa shape index (κ3) is 3.05. The lowest BCUT2D eigenvalue weighted by molar-refractivity contribution is 0.256. The van der Waals surface area contributed by atoms with Crippen LogP contribution in [0.5, 0.6) is 5.75 Å². The van der Waals surface area contributed by atoms with Crippen LogP contribution in [0.1, 0.15) is 42.9 Å². The van der Waals surface area contributed by atoms with E-state index in [1.807, 2.05) is 6.07 Å². The van der Waals surface area contributed by atoms with Crippen molar-refractivity contribution in [2.24, 2.45) is 0 Å². The molecule has 1 aliphatic rings. The maximum absolute atomic E-state index is 10.0. The van der Waals surface area contributed by atoms with Crippen LogP contribution in [-0.2, 0) is 0 Å². The summed E-state index contributed by atoms with van der Waals surface area (Å²) in [5, 5.41) is 11.2. The first-order valence-corrected chi connectivity index (χ1v) is 9.20. The van der Waals surface area contributed by atoms with E-state index >= 15 is 0 Å². The second-order valence-electron chi connectivity index (χ2n) is 7.36. The van der Waals surface area contributed by atoms with Crippen molar-refractivity contribution in [2.45, 2.75) is 31.7 Å². The SMILES string of the molecule is CC(c1ccccc1)n1cc(C2CCN(C)CC2)c2cc(O)ccc21. The van der Waals surface area contributed by atoms with Gasteiger partial charge in [0.25, 0.3) is 0 Å². The van der Waals surface area contributed by atoms with E-state index in [0.29, 0.717) is 11.7 Å². The predicted octanol–water partition coefficient (Wildman–Crippen LogP) is 4.77. The summed E-state index contributed by atoms with van der Waals surface area (Å²) in [4.78, 5) is 2.40. The molecule has 1 saturated heterocycles. The van der Waals surface area contributed by atoms with Crippen LogP contribution in [-0.4, -0.2) is 34.7 Å². The maximum atomic E-state index is 10.0. The number of piperidine rings is 1. The van der Waals surface area contributed by atoms with E-state index < -0.39 is 0 Å². The molecule has 2 heterocycles. The van der Waals surface area contributed by atoms with E-state index in [1.54, 1.807) is 6.07 Å². The molecule has 0 spiro atoms. The number of aromatic hydroxyl groups is 1. The zero-order valence-electron chi connectivity index (χ0n) is 15.0. The molecule has 3 heteroatoms. The molecule has 3 aromatic rings. The first-order valence-electron chi connectivity index (χ1n) is 9.20. The topological polar surface area (TPSA) is 28.4 Å². The van der Waals surface area contributed by atoms with Gasteiger partial charge in [0.05, 0.1) is 6.04 Å². The number of phenols is 1. The summed E-state index contributed by atoms with van der Waals surface area (Å²) in [7, 11) is 2.20. The minimum Gasteiger partial charge on any atom is -0.508 e. The highest BCUT2D eigenvalue weighted by atomic mass is 16.3. The molecule has 130 valence electrons.